The van der Waals surface area contributed by atoms with Crippen molar-refractivity contribution < 1.29 is 13.2 Å². The molecular weight excluding hydrogens is 471 g/mol. The molecule has 4 heterocycles. The molecule has 26 heavy (non-hydrogen) atoms. The molecule has 1 atom stereocenters. The number of anilines is 1. The number of halogens is 1. The molecule has 0 amide bonds. The summed E-state index contributed by atoms with van der Waals surface area (Å²) in [6, 6.07) is 0. The molecule has 11 heteroatoms. The van der Waals surface area contributed by atoms with Gasteiger partial charge in [0.1, 0.15) is 3.70 Å². The topological polar surface area (TPSA) is 93.5 Å². The van der Waals surface area contributed by atoms with Gasteiger partial charge < -0.3 is 9.64 Å². The summed E-state index contributed by atoms with van der Waals surface area (Å²) in [5.74, 6) is 0.610. The Morgan fingerprint density at radius 3 is 2.65 bits per heavy atom. The van der Waals surface area contributed by atoms with Crippen molar-refractivity contribution in [3.63, 3.8) is 0 Å². The Morgan fingerprint density at radius 1 is 1.23 bits per heavy atom. The van der Waals surface area contributed by atoms with Crippen LogP contribution >= 0.6 is 22.6 Å². The first-order valence-electron chi connectivity index (χ1n) is 8.66. The van der Waals surface area contributed by atoms with Crippen molar-refractivity contribution in [1.29, 1.82) is 0 Å². The minimum absolute atomic E-state index is 0.0837. The molecule has 2 saturated heterocycles. The monoisotopic (exact) mass is 492 g/mol. The molecule has 0 N–H and O–H groups in total. The van der Waals surface area contributed by atoms with Crippen LogP contribution in [0, 0.1) is 3.70 Å². The number of piperazine rings is 1. The van der Waals surface area contributed by atoms with Gasteiger partial charge in [0, 0.05) is 39.0 Å². The lowest BCUT2D eigenvalue weighted by Gasteiger charge is -2.33. The number of hydrogen-bond acceptors (Lipinski definition) is 7. The van der Waals surface area contributed by atoms with Gasteiger partial charge in [-0.15, -0.1) is 0 Å². The second-order valence-electron chi connectivity index (χ2n) is 6.61. The molecule has 9 nitrogen and oxygen atoms in total. The first kappa shape index (κ1) is 18.3. The quantitative estimate of drug-likeness (QED) is 0.595. The molecule has 2 aromatic rings. The van der Waals surface area contributed by atoms with Crippen LogP contribution < -0.4 is 4.90 Å². The van der Waals surface area contributed by atoms with Crippen LogP contribution in [-0.2, 0) is 14.8 Å². The number of rotatable bonds is 3. The number of hydrogen-bond donors (Lipinski definition) is 0. The molecule has 4 rings (SSSR count). The standard InChI is InChI=1S/C15H21IN6O3S/c1-26(23,24)21-7-5-20(6-8-21)15-17-10-11-13(16)19-22(14(11)18-15)12-4-2-3-9-25-12/h10,12H,2-9H2,1H3. The van der Waals surface area contributed by atoms with E-state index in [-0.39, 0.29) is 6.23 Å². The highest BCUT2D eigenvalue weighted by Crippen LogP contribution is 2.28. The van der Waals surface area contributed by atoms with E-state index in [4.69, 9.17) is 9.72 Å². The van der Waals surface area contributed by atoms with Gasteiger partial charge in [-0.05, 0) is 41.9 Å². The Morgan fingerprint density at radius 2 is 2.00 bits per heavy atom. The summed E-state index contributed by atoms with van der Waals surface area (Å²) in [5, 5.41) is 5.53. The summed E-state index contributed by atoms with van der Waals surface area (Å²) in [6.07, 6.45) is 6.09. The van der Waals surface area contributed by atoms with E-state index < -0.39 is 10.0 Å². The molecule has 2 aliphatic heterocycles. The van der Waals surface area contributed by atoms with E-state index in [0.29, 0.717) is 32.1 Å². The fourth-order valence-electron chi connectivity index (χ4n) is 3.37. The van der Waals surface area contributed by atoms with Gasteiger partial charge in [0.2, 0.25) is 16.0 Å². The molecule has 0 aromatic carbocycles. The SMILES string of the molecule is CS(=O)(=O)N1CCN(c2ncc3c(I)nn(C4CCCCO4)c3n2)CC1. The van der Waals surface area contributed by atoms with Crippen molar-refractivity contribution in [3.8, 4) is 0 Å². The maximum Gasteiger partial charge on any atom is 0.227 e. The van der Waals surface area contributed by atoms with Gasteiger partial charge in [0.05, 0.1) is 11.6 Å². The Bertz CT molecular complexity index is 903. The van der Waals surface area contributed by atoms with E-state index in [0.717, 1.165) is 40.6 Å². The van der Waals surface area contributed by atoms with Gasteiger partial charge >= 0.3 is 0 Å². The molecule has 0 saturated carbocycles. The Kier molecular flexibility index (Phi) is 5.05. The second kappa shape index (κ2) is 7.17. The van der Waals surface area contributed by atoms with Crippen LogP contribution in [0.15, 0.2) is 6.20 Å². The van der Waals surface area contributed by atoms with Crippen molar-refractivity contribution in [2.75, 3.05) is 43.9 Å². The van der Waals surface area contributed by atoms with Crippen molar-refractivity contribution in [2.45, 2.75) is 25.5 Å². The third-order valence-electron chi connectivity index (χ3n) is 4.81. The average molecular weight is 492 g/mol. The molecular formula is C15H21IN6O3S. The van der Waals surface area contributed by atoms with E-state index >= 15 is 0 Å². The maximum absolute atomic E-state index is 11.7. The molecule has 2 fully saturated rings. The highest BCUT2D eigenvalue weighted by atomic mass is 127. The summed E-state index contributed by atoms with van der Waals surface area (Å²) in [7, 11) is -3.15. The van der Waals surface area contributed by atoms with Crippen LogP contribution in [0.4, 0.5) is 5.95 Å². The van der Waals surface area contributed by atoms with E-state index in [2.05, 4.69) is 32.7 Å². The summed E-state index contributed by atoms with van der Waals surface area (Å²) < 4.78 is 33.4. The fraction of sp³-hybridized carbons (Fsp3) is 0.667. The van der Waals surface area contributed by atoms with Crippen molar-refractivity contribution in [3.05, 3.63) is 9.90 Å². The number of ether oxygens (including phenoxy) is 1. The molecule has 0 bridgehead atoms. The minimum atomic E-state index is -3.15. The first-order valence-corrected chi connectivity index (χ1v) is 11.6. The fourth-order valence-corrected chi connectivity index (χ4v) is 4.81. The number of fused-ring (bicyclic) bond motifs is 1. The van der Waals surface area contributed by atoms with Crippen molar-refractivity contribution in [1.82, 2.24) is 24.1 Å². The number of aromatic nitrogens is 4. The molecule has 1 unspecified atom stereocenters. The number of sulfonamides is 1. The van der Waals surface area contributed by atoms with Crippen LogP contribution in [0.25, 0.3) is 11.0 Å². The predicted octanol–water partition coefficient (Wildman–Crippen LogP) is 1.21. The predicted molar refractivity (Wildman–Crippen MR) is 106 cm³/mol. The normalized spacial score (nSPS) is 22.8. The van der Waals surface area contributed by atoms with Crippen LogP contribution in [0.5, 0.6) is 0 Å². The largest absolute Gasteiger partial charge is 0.356 e. The molecule has 0 radical (unpaired) electrons. The van der Waals surface area contributed by atoms with Gasteiger partial charge in [0.15, 0.2) is 11.9 Å². The Labute approximate surface area is 165 Å². The maximum atomic E-state index is 11.7. The van der Waals surface area contributed by atoms with E-state index in [1.165, 1.54) is 10.6 Å². The van der Waals surface area contributed by atoms with Crippen LogP contribution in [0.1, 0.15) is 25.5 Å². The van der Waals surface area contributed by atoms with Crippen molar-refractivity contribution >= 4 is 49.6 Å². The second-order valence-corrected chi connectivity index (χ2v) is 9.62. The highest BCUT2D eigenvalue weighted by Gasteiger charge is 2.26. The molecule has 0 aliphatic carbocycles. The first-order chi connectivity index (χ1) is 12.4. The van der Waals surface area contributed by atoms with Gasteiger partial charge in [-0.3, -0.25) is 0 Å². The summed E-state index contributed by atoms with van der Waals surface area (Å²) >= 11 is 2.20. The van der Waals surface area contributed by atoms with Crippen LogP contribution in [0.2, 0.25) is 0 Å². The molecule has 2 aromatic heterocycles. The lowest BCUT2D eigenvalue weighted by atomic mass is 10.2. The van der Waals surface area contributed by atoms with Crippen LogP contribution in [-0.4, -0.2) is 71.5 Å². The summed E-state index contributed by atoms with van der Waals surface area (Å²) in [6.45, 7) is 2.78. The third kappa shape index (κ3) is 3.53. The van der Waals surface area contributed by atoms with E-state index in [1.54, 1.807) is 6.20 Å². The van der Waals surface area contributed by atoms with Gasteiger partial charge in [-0.25, -0.2) is 18.1 Å². The Balaban J connectivity index is 1.61. The summed E-state index contributed by atoms with van der Waals surface area (Å²) in [5.41, 5.74) is 0.775. The lowest BCUT2D eigenvalue weighted by molar-refractivity contribution is -0.0372. The number of nitrogens with zero attached hydrogens (tertiary/aromatic N) is 6. The zero-order valence-corrected chi connectivity index (χ0v) is 17.5. The molecule has 2 aliphatic rings. The minimum Gasteiger partial charge on any atom is -0.356 e. The van der Waals surface area contributed by atoms with Gasteiger partial charge in [-0.1, -0.05) is 0 Å². The molecule has 0 spiro atoms. The molecule has 142 valence electrons. The zero-order chi connectivity index (χ0) is 18.3. The highest BCUT2D eigenvalue weighted by molar-refractivity contribution is 14.1. The third-order valence-corrected chi connectivity index (χ3v) is 6.91. The summed E-state index contributed by atoms with van der Waals surface area (Å²) in [4.78, 5) is 11.3. The zero-order valence-electron chi connectivity index (χ0n) is 14.5. The van der Waals surface area contributed by atoms with Gasteiger partial charge in [0.25, 0.3) is 0 Å². The van der Waals surface area contributed by atoms with E-state index in [1.807, 2.05) is 9.58 Å². The average Bonchev–Trinajstić information content (AvgIpc) is 2.98. The van der Waals surface area contributed by atoms with Crippen LogP contribution in [0.3, 0.4) is 0 Å². The van der Waals surface area contributed by atoms with E-state index in [9.17, 15) is 8.42 Å². The Hall–Kier alpha value is -1.05. The van der Waals surface area contributed by atoms with Crippen molar-refractivity contribution in [2.24, 2.45) is 0 Å². The lowest BCUT2D eigenvalue weighted by Crippen LogP contribution is -2.48. The smallest absolute Gasteiger partial charge is 0.227 e. The van der Waals surface area contributed by atoms with Gasteiger partial charge in [-0.2, -0.15) is 14.4 Å².